The lowest BCUT2D eigenvalue weighted by molar-refractivity contribution is 0.233. The van der Waals surface area contributed by atoms with E-state index in [1.165, 1.54) is 12.1 Å². The van der Waals surface area contributed by atoms with Crippen LogP contribution in [0.25, 0.3) is 33.3 Å². The van der Waals surface area contributed by atoms with Gasteiger partial charge in [0.15, 0.2) is 0 Å². The maximum atomic E-state index is 13.7. The second-order valence-electron chi connectivity index (χ2n) is 8.54. The molecule has 5 rings (SSSR count). The monoisotopic (exact) mass is 532 g/mol. The molecule has 5 aromatic rings. The third-order valence-electron chi connectivity index (χ3n) is 5.53. The van der Waals surface area contributed by atoms with Gasteiger partial charge in [-0.3, -0.25) is 9.89 Å². The predicted molar refractivity (Wildman–Crippen MR) is 138 cm³/mol. The van der Waals surface area contributed by atoms with Crippen molar-refractivity contribution >= 4 is 26.8 Å². The van der Waals surface area contributed by atoms with Crippen LogP contribution in [0.3, 0.4) is 0 Å². The van der Waals surface area contributed by atoms with Gasteiger partial charge in [-0.05, 0) is 73.0 Å². The molecule has 0 atom stereocenters. The molecule has 0 bridgehead atoms. The van der Waals surface area contributed by atoms with Crippen molar-refractivity contribution in [1.82, 2.24) is 19.7 Å². The summed E-state index contributed by atoms with van der Waals surface area (Å²) >= 11 is 3.29. The van der Waals surface area contributed by atoms with Gasteiger partial charge in [-0.1, -0.05) is 22.0 Å². The van der Waals surface area contributed by atoms with Gasteiger partial charge in [-0.25, -0.2) is 9.37 Å². The number of hydrogen-bond acceptors (Lipinski definition) is 4. The van der Waals surface area contributed by atoms with Crippen LogP contribution in [-0.4, -0.2) is 25.9 Å². The third-order valence-corrected chi connectivity index (χ3v) is 5.99. The van der Waals surface area contributed by atoms with Crippen molar-refractivity contribution in [2.75, 3.05) is 0 Å². The topological polar surface area (TPSA) is 72.8 Å². The molecule has 6 nitrogen and oxygen atoms in total. The van der Waals surface area contributed by atoms with Gasteiger partial charge in [0.25, 0.3) is 5.56 Å². The Balaban J connectivity index is 1.48. The lowest BCUT2D eigenvalue weighted by Crippen LogP contribution is -2.19. The van der Waals surface area contributed by atoms with Crippen molar-refractivity contribution in [3.05, 3.63) is 99.3 Å². The number of nitrogens with one attached hydrogen (secondary N) is 1. The van der Waals surface area contributed by atoms with Crippen LogP contribution in [0.5, 0.6) is 5.88 Å². The summed E-state index contributed by atoms with van der Waals surface area (Å²) in [6.45, 7) is 4.19. The molecule has 0 unspecified atom stereocenters. The lowest BCUT2D eigenvalue weighted by Gasteiger charge is -2.10. The van der Waals surface area contributed by atoms with E-state index in [4.69, 9.17) is 4.74 Å². The zero-order valence-electron chi connectivity index (χ0n) is 19.1. The summed E-state index contributed by atoms with van der Waals surface area (Å²) in [5.41, 5.74) is 4.77. The van der Waals surface area contributed by atoms with Crippen LogP contribution in [0.2, 0.25) is 0 Å². The predicted octanol–water partition coefficient (Wildman–Crippen LogP) is 6.19. The molecule has 0 aliphatic carbocycles. The molecule has 3 aromatic heterocycles. The van der Waals surface area contributed by atoms with Gasteiger partial charge in [-0.2, -0.15) is 5.10 Å². The van der Waals surface area contributed by atoms with Gasteiger partial charge in [0.1, 0.15) is 11.5 Å². The molecule has 8 heteroatoms. The van der Waals surface area contributed by atoms with Crippen LogP contribution in [-0.2, 0) is 6.54 Å². The largest absolute Gasteiger partial charge is 0.475 e. The molecule has 2 aromatic carbocycles. The molecule has 0 fully saturated rings. The number of rotatable bonds is 6. The molecule has 1 N–H and O–H groups in total. The van der Waals surface area contributed by atoms with Gasteiger partial charge in [0.05, 0.1) is 18.2 Å². The maximum absolute atomic E-state index is 13.7. The summed E-state index contributed by atoms with van der Waals surface area (Å²) in [7, 11) is 0. The normalized spacial score (nSPS) is 11.3. The van der Waals surface area contributed by atoms with Crippen molar-refractivity contribution in [3.8, 4) is 28.3 Å². The lowest BCUT2D eigenvalue weighted by atomic mass is 10.0. The second-order valence-corrected chi connectivity index (χ2v) is 9.46. The Labute approximate surface area is 209 Å². The number of pyridine rings is 2. The Kier molecular flexibility index (Phi) is 6.21. The zero-order valence-corrected chi connectivity index (χ0v) is 20.7. The molecule has 35 heavy (non-hydrogen) atoms. The van der Waals surface area contributed by atoms with Crippen LogP contribution < -0.4 is 10.3 Å². The summed E-state index contributed by atoms with van der Waals surface area (Å²) in [5.74, 6) is 0.194. The van der Waals surface area contributed by atoms with Gasteiger partial charge >= 0.3 is 0 Å². The first-order valence-corrected chi connectivity index (χ1v) is 11.9. The van der Waals surface area contributed by atoms with Crippen LogP contribution in [0, 0.1) is 5.82 Å². The number of hydrogen-bond donors (Lipinski definition) is 1. The Hall–Kier alpha value is -3.78. The average Bonchev–Trinajstić information content (AvgIpc) is 3.23. The van der Waals surface area contributed by atoms with Crippen molar-refractivity contribution in [1.29, 1.82) is 0 Å². The number of benzene rings is 2. The SMILES string of the molecule is CC(C)Oc1cc(-c2n[nH]c3ccc(-c4ccn(Cc5cc(F)cc(Br)c5)c(=O)c4)cc23)ccn1. The first kappa shape index (κ1) is 23.0. The van der Waals surface area contributed by atoms with Crippen LogP contribution in [0.15, 0.2) is 82.3 Å². The van der Waals surface area contributed by atoms with Crippen LogP contribution >= 0.6 is 15.9 Å². The van der Waals surface area contributed by atoms with E-state index in [1.54, 1.807) is 29.1 Å². The summed E-state index contributed by atoms with van der Waals surface area (Å²) in [6.07, 6.45) is 3.45. The number of halogens is 2. The summed E-state index contributed by atoms with van der Waals surface area (Å²) in [4.78, 5) is 17.1. The highest BCUT2D eigenvalue weighted by molar-refractivity contribution is 9.10. The van der Waals surface area contributed by atoms with Gasteiger partial charge in [0, 0.05) is 39.9 Å². The highest BCUT2D eigenvalue weighted by atomic mass is 79.9. The summed E-state index contributed by atoms with van der Waals surface area (Å²) in [6, 6.07) is 17.8. The third kappa shape index (κ3) is 5.02. The maximum Gasteiger partial charge on any atom is 0.251 e. The van der Waals surface area contributed by atoms with Gasteiger partial charge in [-0.15, -0.1) is 0 Å². The van der Waals surface area contributed by atoms with Crippen LogP contribution in [0.4, 0.5) is 4.39 Å². The first-order valence-electron chi connectivity index (χ1n) is 11.1. The highest BCUT2D eigenvalue weighted by Gasteiger charge is 2.12. The number of nitrogens with zero attached hydrogens (tertiary/aromatic N) is 3. The molecular weight excluding hydrogens is 511 g/mol. The van der Waals surface area contributed by atoms with E-state index in [0.717, 1.165) is 33.3 Å². The number of fused-ring (bicyclic) bond motifs is 1. The van der Waals surface area contributed by atoms with Crippen molar-refractivity contribution in [2.24, 2.45) is 0 Å². The Bertz CT molecular complexity index is 1570. The fourth-order valence-electron chi connectivity index (χ4n) is 3.99. The van der Waals surface area contributed by atoms with E-state index in [0.29, 0.717) is 15.9 Å². The molecule has 0 spiro atoms. The van der Waals surface area contributed by atoms with E-state index < -0.39 is 0 Å². The highest BCUT2D eigenvalue weighted by Crippen LogP contribution is 2.31. The quantitative estimate of drug-likeness (QED) is 0.283. The Morgan fingerprint density at radius 2 is 1.86 bits per heavy atom. The minimum atomic E-state index is -0.347. The average molecular weight is 533 g/mol. The Morgan fingerprint density at radius 1 is 1.03 bits per heavy atom. The zero-order chi connectivity index (χ0) is 24.5. The molecule has 0 radical (unpaired) electrons. The minimum Gasteiger partial charge on any atom is -0.475 e. The fourth-order valence-corrected chi connectivity index (χ4v) is 4.51. The second kappa shape index (κ2) is 9.46. The van der Waals surface area contributed by atoms with E-state index >= 15 is 0 Å². The molecule has 0 aliphatic rings. The molecule has 0 amide bonds. The van der Waals surface area contributed by atoms with Crippen LogP contribution in [0.1, 0.15) is 19.4 Å². The summed E-state index contributed by atoms with van der Waals surface area (Å²) < 4.78 is 21.6. The fraction of sp³-hybridized carbons (Fsp3) is 0.148. The van der Waals surface area contributed by atoms with Crippen molar-refractivity contribution in [2.45, 2.75) is 26.5 Å². The number of ether oxygens (including phenoxy) is 1. The van der Waals surface area contributed by atoms with Crippen molar-refractivity contribution in [3.63, 3.8) is 0 Å². The first-order chi connectivity index (χ1) is 16.9. The van der Waals surface area contributed by atoms with Gasteiger partial charge in [0.2, 0.25) is 5.88 Å². The molecular formula is C27H22BrFN4O2. The Morgan fingerprint density at radius 3 is 2.63 bits per heavy atom. The molecule has 176 valence electrons. The number of aromatic nitrogens is 4. The van der Waals surface area contributed by atoms with Crippen molar-refractivity contribution < 1.29 is 9.13 Å². The van der Waals surface area contributed by atoms with Gasteiger partial charge < -0.3 is 9.30 Å². The smallest absolute Gasteiger partial charge is 0.251 e. The van der Waals surface area contributed by atoms with E-state index in [1.807, 2.05) is 50.2 Å². The molecule has 3 heterocycles. The molecule has 0 saturated carbocycles. The van der Waals surface area contributed by atoms with E-state index in [-0.39, 0.29) is 24.0 Å². The molecule has 0 aliphatic heterocycles. The molecule has 0 saturated heterocycles. The van der Waals surface area contributed by atoms with E-state index in [2.05, 4.69) is 31.1 Å². The summed E-state index contributed by atoms with van der Waals surface area (Å²) in [5, 5.41) is 8.50. The minimum absolute atomic E-state index is 0.0184. The standard InChI is InChI=1S/C27H22BrFN4O2/c1-16(2)35-25-12-20(5-7-30-25)27-23-11-18(3-4-24(23)31-32-27)19-6-8-33(26(34)13-19)15-17-9-21(28)14-22(29)10-17/h3-14,16H,15H2,1-2H3,(H,31,32). The number of aromatic amines is 1. The number of H-pyrrole nitrogens is 1. The van der Waals surface area contributed by atoms with E-state index in [9.17, 15) is 9.18 Å².